The second-order valence-electron chi connectivity index (χ2n) is 6.40. The minimum atomic E-state index is -3.99. The number of rotatable bonds is 6. The van der Waals surface area contributed by atoms with Crippen molar-refractivity contribution in [1.82, 2.24) is 9.78 Å². The smallest absolute Gasteiger partial charge is 0.266 e. The van der Waals surface area contributed by atoms with Crippen LogP contribution < -0.4 is 4.72 Å². The Balaban J connectivity index is 1.56. The highest BCUT2D eigenvalue weighted by atomic mass is 32.2. The van der Waals surface area contributed by atoms with E-state index in [0.29, 0.717) is 6.54 Å². The van der Waals surface area contributed by atoms with Crippen molar-refractivity contribution in [2.24, 2.45) is 0 Å². The zero-order valence-corrected chi connectivity index (χ0v) is 15.9. The number of aromatic nitrogens is 2. The van der Waals surface area contributed by atoms with E-state index in [9.17, 15) is 18.5 Å². The van der Waals surface area contributed by atoms with E-state index in [1.807, 2.05) is 42.5 Å². The fraction of sp³-hybridized carbons (Fsp3) is 0.0500. The molecule has 8 nitrogen and oxygen atoms in total. The molecule has 0 bridgehead atoms. The van der Waals surface area contributed by atoms with Gasteiger partial charge in [0.25, 0.3) is 15.7 Å². The summed E-state index contributed by atoms with van der Waals surface area (Å²) in [6.45, 7) is 0.472. The Hall–Kier alpha value is -3.72. The molecule has 0 aliphatic heterocycles. The molecule has 0 fully saturated rings. The van der Waals surface area contributed by atoms with Gasteiger partial charge in [0.2, 0.25) is 0 Å². The summed E-state index contributed by atoms with van der Waals surface area (Å²) in [7, 11) is -3.99. The lowest BCUT2D eigenvalue weighted by Crippen LogP contribution is -2.14. The first-order valence-corrected chi connectivity index (χ1v) is 10.2. The van der Waals surface area contributed by atoms with Gasteiger partial charge >= 0.3 is 0 Å². The lowest BCUT2D eigenvalue weighted by atomic mass is 10.0. The quantitative estimate of drug-likeness (QED) is 0.386. The first kappa shape index (κ1) is 18.6. The number of benzene rings is 3. The first-order valence-electron chi connectivity index (χ1n) is 8.70. The van der Waals surface area contributed by atoms with Crippen molar-refractivity contribution in [2.75, 3.05) is 4.72 Å². The van der Waals surface area contributed by atoms with Crippen molar-refractivity contribution in [3.8, 4) is 0 Å². The van der Waals surface area contributed by atoms with Gasteiger partial charge in [-0.3, -0.25) is 19.5 Å². The largest absolute Gasteiger partial charge is 0.270 e. The molecular formula is C20H16N4O4S. The summed E-state index contributed by atoms with van der Waals surface area (Å²) in [5.74, 6) is 0.136. The molecule has 4 rings (SSSR count). The number of hydrogen-bond donors (Lipinski definition) is 1. The van der Waals surface area contributed by atoms with Crippen molar-refractivity contribution in [3.63, 3.8) is 0 Å². The SMILES string of the molecule is O=[N+]([O-])c1cccc(S(=O)(=O)Nc2ccn(Cc3cccc4ccccc34)n2)c1. The van der Waals surface area contributed by atoms with Gasteiger partial charge in [-0.15, -0.1) is 0 Å². The Morgan fingerprint density at radius 2 is 1.76 bits per heavy atom. The summed E-state index contributed by atoms with van der Waals surface area (Å²) < 4.78 is 29.1. The first-order chi connectivity index (χ1) is 13.9. The Kier molecular flexibility index (Phi) is 4.73. The zero-order chi connectivity index (χ0) is 20.4. The molecule has 0 saturated carbocycles. The van der Waals surface area contributed by atoms with Crippen LogP contribution in [-0.2, 0) is 16.6 Å². The highest BCUT2D eigenvalue weighted by Gasteiger charge is 2.19. The van der Waals surface area contributed by atoms with E-state index in [-0.39, 0.29) is 16.4 Å². The van der Waals surface area contributed by atoms with Crippen molar-refractivity contribution < 1.29 is 13.3 Å². The molecule has 146 valence electrons. The van der Waals surface area contributed by atoms with E-state index in [1.165, 1.54) is 18.2 Å². The number of nitro benzene ring substituents is 1. The van der Waals surface area contributed by atoms with E-state index in [1.54, 1.807) is 16.9 Å². The fourth-order valence-electron chi connectivity index (χ4n) is 3.07. The second kappa shape index (κ2) is 7.36. The average Bonchev–Trinajstić information content (AvgIpc) is 3.14. The molecule has 0 radical (unpaired) electrons. The molecular weight excluding hydrogens is 392 g/mol. The summed E-state index contributed by atoms with van der Waals surface area (Å²) >= 11 is 0. The van der Waals surface area contributed by atoms with E-state index >= 15 is 0 Å². The standard InChI is InChI=1S/C20H16N4O4S/c25-24(26)17-8-4-9-18(13-17)29(27,28)22-20-11-12-23(21-20)14-16-7-3-6-15-5-1-2-10-19(15)16/h1-13H,14H2,(H,21,22). The molecule has 0 aliphatic carbocycles. The molecule has 29 heavy (non-hydrogen) atoms. The van der Waals surface area contributed by atoms with Gasteiger partial charge in [-0.05, 0) is 22.4 Å². The number of anilines is 1. The van der Waals surface area contributed by atoms with Crippen LogP contribution in [0.4, 0.5) is 11.5 Å². The number of nitrogens with one attached hydrogen (secondary N) is 1. The highest BCUT2D eigenvalue weighted by molar-refractivity contribution is 7.92. The minimum absolute atomic E-state index is 0.136. The Labute approximate surface area is 166 Å². The summed E-state index contributed by atoms with van der Waals surface area (Å²) in [6.07, 6.45) is 1.67. The van der Waals surface area contributed by atoms with Crippen LogP contribution in [0.1, 0.15) is 5.56 Å². The summed E-state index contributed by atoms with van der Waals surface area (Å²) in [6, 6.07) is 20.4. The Morgan fingerprint density at radius 3 is 2.59 bits per heavy atom. The van der Waals surface area contributed by atoms with Gasteiger partial charge in [-0.25, -0.2) is 8.42 Å². The molecule has 0 amide bonds. The monoisotopic (exact) mass is 408 g/mol. The van der Waals surface area contributed by atoms with Gasteiger partial charge in [0.15, 0.2) is 5.82 Å². The molecule has 1 N–H and O–H groups in total. The van der Waals surface area contributed by atoms with E-state index < -0.39 is 14.9 Å². The summed E-state index contributed by atoms with van der Waals surface area (Å²) in [4.78, 5) is 10.0. The Morgan fingerprint density at radius 1 is 1.00 bits per heavy atom. The molecule has 0 saturated heterocycles. The van der Waals surface area contributed by atoms with Crippen molar-refractivity contribution in [2.45, 2.75) is 11.4 Å². The van der Waals surface area contributed by atoms with Gasteiger partial charge in [0, 0.05) is 24.4 Å². The van der Waals surface area contributed by atoms with Crippen LogP contribution in [0.25, 0.3) is 10.8 Å². The number of hydrogen-bond acceptors (Lipinski definition) is 5. The number of non-ortho nitro benzene ring substituents is 1. The maximum Gasteiger partial charge on any atom is 0.270 e. The molecule has 4 aromatic rings. The lowest BCUT2D eigenvalue weighted by Gasteiger charge is -2.07. The van der Waals surface area contributed by atoms with Gasteiger partial charge in [-0.2, -0.15) is 5.10 Å². The molecule has 0 spiro atoms. The predicted molar refractivity (Wildman–Crippen MR) is 109 cm³/mol. The molecule has 9 heteroatoms. The zero-order valence-electron chi connectivity index (χ0n) is 15.1. The topological polar surface area (TPSA) is 107 Å². The van der Waals surface area contributed by atoms with Crippen LogP contribution in [0.3, 0.4) is 0 Å². The van der Waals surface area contributed by atoms with Gasteiger partial charge in [-0.1, -0.05) is 48.5 Å². The molecule has 1 aromatic heterocycles. The molecule has 3 aromatic carbocycles. The summed E-state index contributed by atoms with van der Waals surface area (Å²) in [5.41, 5.74) is 0.758. The van der Waals surface area contributed by atoms with E-state index in [2.05, 4.69) is 9.82 Å². The predicted octanol–water partition coefficient (Wildman–Crippen LogP) is 3.79. The highest BCUT2D eigenvalue weighted by Crippen LogP contribution is 2.21. The van der Waals surface area contributed by atoms with Gasteiger partial charge in [0.1, 0.15) is 0 Å². The molecule has 1 heterocycles. The van der Waals surface area contributed by atoms with Gasteiger partial charge in [0.05, 0.1) is 16.4 Å². The third kappa shape index (κ3) is 3.94. The van der Waals surface area contributed by atoms with Crippen LogP contribution in [0.2, 0.25) is 0 Å². The number of sulfonamides is 1. The Bertz CT molecular complexity index is 1310. The lowest BCUT2D eigenvalue weighted by molar-refractivity contribution is -0.385. The third-order valence-electron chi connectivity index (χ3n) is 4.43. The molecule has 0 unspecified atom stereocenters. The number of nitro groups is 1. The van der Waals surface area contributed by atoms with Crippen LogP contribution in [-0.4, -0.2) is 23.1 Å². The molecule has 0 atom stereocenters. The van der Waals surface area contributed by atoms with Crippen LogP contribution in [0.5, 0.6) is 0 Å². The minimum Gasteiger partial charge on any atom is -0.266 e. The molecule has 0 aliphatic rings. The van der Waals surface area contributed by atoms with Crippen LogP contribution in [0.15, 0.2) is 83.9 Å². The van der Waals surface area contributed by atoms with Crippen LogP contribution in [0, 0.1) is 10.1 Å². The number of fused-ring (bicyclic) bond motifs is 1. The maximum atomic E-state index is 12.5. The van der Waals surface area contributed by atoms with E-state index in [4.69, 9.17) is 0 Å². The van der Waals surface area contributed by atoms with Crippen molar-refractivity contribution in [3.05, 3.63) is 94.7 Å². The third-order valence-corrected chi connectivity index (χ3v) is 5.78. The average molecular weight is 408 g/mol. The van der Waals surface area contributed by atoms with Gasteiger partial charge < -0.3 is 0 Å². The van der Waals surface area contributed by atoms with Crippen molar-refractivity contribution >= 4 is 32.3 Å². The fourth-order valence-corrected chi connectivity index (χ4v) is 4.11. The normalized spacial score (nSPS) is 11.4. The van der Waals surface area contributed by atoms with Crippen molar-refractivity contribution in [1.29, 1.82) is 0 Å². The number of nitrogens with zero attached hydrogens (tertiary/aromatic N) is 3. The van der Waals surface area contributed by atoms with E-state index in [0.717, 1.165) is 22.4 Å². The van der Waals surface area contributed by atoms with Crippen LogP contribution >= 0.6 is 0 Å². The second-order valence-corrected chi connectivity index (χ2v) is 8.08. The maximum absolute atomic E-state index is 12.5. The summed E-state index contributed by atoms with van der Waals surface area (Å²) in [5, 5.41) is 17.4.